The fourth-order valence-electron chi connectivity index (χ4n) is 1.58. The van der Waals surface area contributed by atoms with Crippen molar-refractivity contribution in [1.29, 1.82) is 5.26 Å². The first kappa shape index (κ1) is 9.13. The lowest BCUT2D eigenvalue weighted by Crippen LogP contribution is -1.81. The zero-order valence-electron chi connectivity index (χ0n) is 8.05. The molecule has 0 bridgehead atoms. The van der Waals surface area contributed by atoms with Crippen LogP contribution >= 0.6 is 0 Å². The molecule has 72 valence electrons. The summed E-state index contributed by atoms with van der Waals surface area (Å²) < 4.78 is 1.87. The standard InChI is InChI=1S/C10H7N5/c1-15-6-7(5-11)9-4-8(13-14-12)2-3-10(9)15/h2-4,6H,1H3. The number of benzene rings is 1. The van der Waals surface area contributed by atoms with Crippen LogP contribution in [0, 0.1) is 11.3 Å². The molecule has 15 heavy (non-hydrogen) atoms. The molecule has 2 rings (SSSR count). The van der Waals surface area contributed by atoms with E-state index in [2.05, 4.69) is 16.1 Å². The molecule has 0 aliphatic rings. The fraction of sp³-hybridized carbons (Fsp3) is 0.100. The molecule has 0 saturated carbocycles. The molecule has 0 amide bonds. The lowest BCUT2D eigenvalue weighted by atomic mass is 10.2. The zero-order valence-corrected chi connectivity index (χ0v) is 8.05. The number of fused-ring (bicyclic) bond motifs is 1. The molecule has 0 fully saturated rings. The highest BCUT2D eigenvalue weighted by atomic mass is 15.1. The summed E-state index contributed by atoms with van der Waals surface area (Å²) in [5, 5.41) is 13.2. The predicted molar refractivity (Wildman–Crippen MR) is 56.4 cm³/mol. The fourth-order valence-corrected chi connectivity index (χ4v) is 1.58. The van der Waals surface area contributed by atoms with Crippen LogP contribution in [0.2, 0.25) is 0 Å². The van der Waals surface area contributed by atoms with Gasteiger partial charge in [-0.2, -0.15) is 5.26 Å². The predicted octanol–water partition coefficient (Wildman–Crippen LogP) is 2.99. The van der Waals surface area contributed by atoms with Crippen molar-refractivity contribution in [2.75, 3.05) is 0 Å². The Bertz CT molecular complexity index is 611. The number of azide groups is 1. The molecule has 0 aliphatic heterocycles. The van der Waals surface area contributed by atoms with Crippen LogP contribution in [-0.2, 0) is 7.05 Å². The van der Waals surface area contributed by atoms with E-state index in [1.165, 1.54) is 0 Å². The summed E-state index contributed by atoms with van der Waals surface area (Å²) in [6.07, 6.45) is 1.75. The highest BCUT2D eigenvalue weighted by molar-refractivity contribution is 5.88. The van der Waals surface area contributed by atoms with Gasteiger partial charge in [0.15, 0.2) is 0 Å². The van der Waals surface area contributed by atoms with Gasteiger partial charge in [-0.3, -0.25) is 0 Å². The van der Waals surface area contributed by atoms with Crippen molar-refractivity contribution >= 4 is 16.6 Å². The molecule has 1 aromatic heterocycles. The first-order valence-corrected chi connectivity index (χ1v) is 4.30. The second-order valence-corrected chi connectivity index (χ2v) is 3.16. The molecule has 2 aromatic rings. The molecule has 0 saturated heterocycles. The molecule has 0 unspecified atom stereocenters. The number of hydrogen-bond acceptors (Lipinski definition) is 2. The van der Waals surface area contributed by atoms with Gasteiger partial charge in [0, 0.05) is 34.7 Å². The molecule has 5 nitrogen and oxygen atoms in total. The van der Waals surface area contributed by atoms with Gasteiger partial charge in [0.25, 0.3) is 0 Å². The third-order valence-corrected chi connectivity index (χ3v) is 2.25. The number of aromatic nitrogens is 1. The van der Waals surface area contributed by atoms with Gasteiger partial charge < -0.3 is 4.57 Å². The van der Waals surface area contributed by atoms with Gasteiger partial charge in [0.1, 0.15) is 6.07 Å². The van der Waals surface area contributed by atoms with Crippen LogP contribution < -0.4 is 0 Å². The van der Waals surface area contributed by atoms with E-state index in [1.807, 2.05) is 17.7 Å². The van der Waals surface area contributed by atoms with Crippen LogP contribution in [0.25, 0.3) is 21.3 Å². The molecule has 0 spiro atoms. The monoisotopic (exact) mass is 197 g/mol. The van der Waals surface area contributed by atoms with E-state index in [9.17, 15) is 0 Å². The van der Waals surface area contributed by atoms with Crippen LogP contribution in [-0.4, -0.2) is 4.57 Å². The molecule has 1 heterocycles. The number of hydrogen-bond donors (Lipinski definition) is 0. The summed E-state index contributed by atoms with van der Waals surface area (Å²) in [7, 11) is 1.87. The number of rotatable bonds is 1. The van der Waals surface area contributed by atoms with Crippen molar-refractivity contribution in [1.82, 2.24) is 4.57 Å². The first-order chi connectivity index (χ1) is 7.26. The second kappa shape index (κ2) is 3.37. The zero-order chi connectivity index (χ0) is 10.8. The average molecular weight is 197 g/mol. The van der Waals surface area contributed by atoms with Gasteiger partial charge in [-0.1, -0.05) is 11.2 Å². The summed E-state index contributed by atoms with van der Waals surface area (Å²) in [4.78, 5) is 2.71. The summed E-state index contributed by atoms with van der Waals surface area (Å²) in [5.41, 5.74) is 10.4. The third kappa shape index (κ3) is 1.39. The summed E-state index contributed by atoms with van der Waals surface area (Å²) in [6.45, 7) is 0. The maximum Gasteiger partial charge on any atom is 0.101 e. The molecule has 1 aromatic carbocycles. The maximum absolute atomic E-state index is 8.90. The summed E-state index contributed by atoms with van der Waals surface area (Å²) in [6, 6.07) is 7.38. The van der Waals surface area contributed by atoms with Crippen molar-refractivity contribution < 1.29 is 0 Å². The van der Waals surface area contributed by atoms with Crippen LogP contribution in [0.15, 0.2) is 29.5 Å². The van der Waals surface area contributed by atoms with Crippen molar-refractivity contribution in [2.24, 2.45) is 12.2 Å². The van der Waals surface area contributed by atoms with Crippen LogP contribution in [0.1, 0.15) is 5.56 Å². The Balaban J connectivity index is 2.80. The SMILES string of the molecule is Cn1cc(C#N)c2cc(N=[N+]=[N-])ccc21. The Morgan fingerprint density at radius 1 is 1.53 bits per heavy atom. The minimum Gasteiger partial charge on any atom is -0.349 e. The number of nitriles is 1. The van der Waals surface area contributed by atoms with Crippen LogP contribution in [0.4, 0.5) is 5.69 Å². The minimum atomic E-state index is 0.521. The second-order valence-electron chi connectivity index (χ2n) is 3.16. The van der Waals surface area contributed by atoms with Gasteiger partial charge in [0.2, 0.25) is 0 Å². The lowest BCUT2D eigenvalue weighted by Gasteiger charge is -1.96. The van der Waals surface area contributed by atoms with E-state index in [1.54, 1.807) is 18.3 Å². The number of aryl methyl sites for hydroxylation is 1. The van der Waals surface area contributed by atoms with Gasteiger partial charge in [-0.15, -0.1) is 0 Å². The average Bonchev–Trinajstić information content (AvgIpc) is 2.56. The Morgan fingerprint density at radius 2 is 2.33 bits per heavy atom. The van der Waals surface area contributed by atoms with Crippen molar-refractivity contribution in [3.05, 3.63) is 40.4 Å². The molecule has 0 aliphatic carbocycles. The number of nitrogens with zero attached hydrogens (tertiary/aromatic N) is 5. The van der Waals surface area contributed by atoms with Crippen molar-refractivity contribution in [2.45, 2.75) is 0 Å². The third-order valence-electron chi connectivity index (χ3n) is 2.25. The molecular formula is C10H7N5. The van der Waals surface area contributed by atoms with Gasteiger partial charge in [-0.25, -0.2) is 0 Å². The Labute approximate surface area is 85.8 Å². The van der Waals surface area contributed by atoms with E-state index >= 15 is 0 Å². The Kier molecular flexibility index (Phi) is 2.05. The Hall–Kier alpha value is -2.44. The van der Waals surface area contributed by atoms with E-state index in [4.69, 9.17) is 10.8 Å². The van der Waals surface area contributed by atoms with Gasteiger partial charge >= 0.3 is 0 Å². The van der Waals surface area contributed by atoms with E-state index in [0.29, 0.717) is 11.3 Å². The topological polar surface area (TPSA) is 77.5 Å². The lowest BCUT2D eigenvalue weighted by molar-refractivity contribution is 0.967. The van der Waals surface area contributed by atoms with E-state index in [-0.39, 0.29) is 0 Å². The Morgan fingerprint density at radius 3 is 3.00 bits per heavy atom. The highest BCUT2D eigenvalue weighted by Gasteiger charge is 2.05. The maximum atomic E-state index is 8.90. The normalized spacial score (nSPS) is 9.60. The summed E-state index contributed by atoms with van der Waals surface area (Å²) in [5.74, 6) is 0. The van der Waals surface area contributed by atoms with Crippen LogP contribution in [0.3, 0.4) is 0 Å². The highest BCUT2D eigenvalue weighted by Crippen LogP contribution is 2.25. The van der Waals surface area contributed by atoms with Crippen molar-refractivity contribution in [3.63, 3.8) is 0 Å². The molecule has 0 atom stereocenters. The molecule has 5 heteroatoms. The molecular weight excluding hydrogens is 190 g/mol. The van der Waals surface area contributed by atoms with Gasteiger partial charge in [-0.05, 0) is 17.7 Å². The quantitative estimate of drug-likeness (QED) is 0.393. The van der Waals surface area contributed by atoms with Gasteiger partial charge in [0.05, 0.1) is 5.56 Å². The molecule has 0 N–H and O–H groups in total. The van der Waals surface area contributed by atoms with Crippen LogP contribution in [0.5, 0.6) is 0 Å². The van der Waals surface area contributed by atoms with Crippen molar-refractivity contribution in [3.8, 4) is 6.07 Å². The molecule has 0 radical (unpaired) electrons. The van der Waals surface area contributed by atoms with E-state index < -0.39 is 0 Å². The first-order valence-electron chi connectivity index (χ1n) is 4.30. The largest absolute Gasteiger partial charge is 0.349 e. The smallest absolute Gasteiger partial charge is 0.101 e. The minimum absolute atomic E-state index is 0.521. The van der Waals surface area contributed by atoms with E-state index in [0.717, 1.165) is 10.9 Å². The summed E-state index contributed by atoms with van der Waals surface area (Å²) >= 11 is 0.